The Morgan fingerprint density at radius 3 is 2.44 bits per heavy atom. The molecule has 7 heteroatoms. The van der Waals surface area contributed by atoms with Crippen LogP contribution in [0.4, 0.5) is 11.4 Å². The third kappa shape index (κ3) is 5.14. The zero-order chi connectivity index (χ0) is 25.8. The molecule has 0 aromatic heterocycles. The summed E-state index contributed by atoms with van der Waals surface area (Å²) in [6, 6.07) is 22.8. The van der Waals surface area contributed by atoms with Gasteiger partial charge < -0.3 is 10.1 Å². The Morgan fingerprint density at radius 2 is 1.78 bits per heavy atom. The van der Waals surface area contributed by atoms with E-state index < -0.39 is 11.2 Å². The summed E-state index contributed by atoms with van der Waals surface area (Å²) in [5.41, 5.74) is 5.23. The Balaban J connectivity index is 1.75. The van der Waals surface area contributed by atoms with Crippen LogP contribution in [0.15, 0.2) is 77.3 Å². The Hall–Kier alpha value is -4.02. The molecule has 0 spiro atoms. The van der Waals surface area contributed by atoms with Gasteiger partial charge in [-0.05, 0) is 68.1 Å². The lowest BCUT2D eigenvalue weighted by Gasteiger charge is -2.20. The van der Waals surface area contributed by atoms with Crippen LogP contribution in [0.1, 0.15) is 22.3 Å². The minimum absolute atomic E-state index is 0.121. The quantitative estimate of drug-likeness (QED) is 0.350. The number of nitrogens with one attached hydrogen (secondary N) is 1. The highest BCUT2D eigenvalue weighted by Crippen LogP contribution is 2.42. The summed E-state index contributed by atoms with van der Waals surface area (Å²) < 4.78 is 5.33. The van der Waals surface area contributed by atoms with Gasteiger partial charge in [-0.1, -0.05) is 59.8 Å². The predicted octanol–water partition coefficient (Wildman–Crippen LogP) is 5.69. The monoisotopic (exact) mass is 497 g/mol. The molecule has 182 valence electrons. The van der Waals surface area contributed by atoms with Crippen LogP contribution in [-0.4, -0.2) is 24.2 Å². The fourth-order valence-electron chi connectivity index (χ4n) is 3.96. The van der Waals surface area contributed by atoms with Gasteiger partial charge >= 0.3 is 0 Å². The largest absolute Gasteiger partial charge is 0.495 e. The maximum absolute atomic E-state index is 13.7. The van der Waals surface area contributed by atoms with Crippen molar-refractivity contribution in [3.05, 3.63) is 99.6 Å². The molecule has 0 saturated carbocycles. The predicted molar refractivity (Wildman–Crippen MR) is 144 cm³/mol. The van der Waals surface area contributed by atoms with E-state index in [0.717, 1.165) is 22.3 Å². The third-order valence-corrected chi connectivity index (χ3v) is 7.41. The summed E-state index contributed by atoms with van der Waals surface area (Å²) in [6.07, 6.45) is 0.488. The Kier molecular flexibility index (Phi) is 7.47. The van der Waals surface area contributed by atoms with E-state index in [2.05, 4.69) is 11.4 Å². The Bertz CT molecular complexity index is 1390. The number of hydrogen-bond acceptors (Lipinski definition) is 5. The fourth-order valence-corrected chi connectivity index (χ4v) is 5.27. The first-order valence-corrected chi connectivity index (χ1v) is 12.4. The zero-order valence-corrected chi connectivity index (χ0v) is 21.5. The molecule has 1 atom stereocenters. The van der Waals surface area contributed by atoms with Crippen molar-refractivity contribution in [3.8, 4) is 11.8 Å². The van der Waals surface area contributed by atoms with Crippen LogP contribution in [0.25, 0.3) is 0 Å². The molecule has 1 heterocycles. The first kappa shape index (κ1) is 25.1. The molecular weight excluding hydrogens is 470 g/mol. The highest BCUT2D eigenvalue weighted by Gasteiger charge is 2.41. The van der Waals surface area contributed by atoms with Crippen molar-refractivity contribution in [1.82, 2.24) is 0 Å². The number of carbonyl (C=O) groups excluding carboxylic acids is 2. The van der Waals surface area contributed by atoms with Gasteiger partial charge in [0.15, 0.2) is 0 Å². The Labute approximate surface area is 215 Å². The zero-order valence-electron chi connectivity index (χ0n) is 20.7. The number of ether oxygens (including phenoxy) is 1. The van der Waals surface area contributed by atoms with Crippen molar-refractivity contribution < 1.29 is 14.3 Å². The highest BCUT2D eigenvalue weighted by atomic mass is 32.2. The molecule has 3 aromatic carbocycles. The van der Waals surface area contributed by atoms with Gasteiger partial charge in [-0.25, -0.2) is 0 Å². The average molecular weight is 498 g/mol. The van der Waals surface area contributed by atoms with Gasteiger partial charge in [0.2, 0.25) is 5.91 Å². The molecule has 0 bridgehead atoms. The summed E-state index contributed by atoms with van der Waals surface area (Å²) in [6.45, 7) is 5.98. The maximum Gasteiger partial charge on any atom is 0.269 e. The van der Waals surface area contributed by atoms with Gasteiger partial charge in [0, 0.05) is 5.69 Å². The van der Waals surface area contributed by atoms with E-state index in [9.17, 15) is 14.9 Å². The molecule has 0 radical (unpaired) electrons. The molecule has 6 nitrogen and oxygen atoms in total. The van der Waals surface area contributed by atoms with E-state index in [1.54, 1.807) is 24.3 Å². The van der Waals surface area contributed by atoms with Crippen molar-refractivity contribution >= 4 is 35.0 Å². The number of rotatable bonds is 6. The van der Waals surface area contributed by atoms with Gasteiger partial charge in [-0.2, -0.15) is 5.26 Å². The summed E-state index contributed by atoms with van der Waals surface area (Å²) in [7, 11) is 1.51. The van der Waals surface area contributed by atoms with E-state index >= 15 is 0 Å². The fraction of sp³-hybridized carbons (Fsp3) is 0.207. The number of thioether (sulfide) groups is 1. The van der Waals surface area contributed by atoms with Crippen molar-refractivity contribution in [2.75, 3.05) is 17.3 Å². The third-order valence-electron chi connectivity index (χ3n) is 6.15. The topological polar surface area (TPSA) is 82.4 Å². The lowest BCUT2D eigenvalue weighted by atomic mass is 10.1. The van der Waals surface area contributed by atoms with Gasteiger partial charge in [-0.3, -0.25) is 14.5 Å². The van der Waals surface area contributed by atoms with Gasteiger partial charge in [0.25, 0.3) is 5.91 Å². The molecule has 1 N–H and O–H groups in total. The molecule has 36 heavy (non-hydrogen) atoms. The van der Waals surface area contributed by atoms with Gasteiger partial charge in [0.05, 0.1) is 18.0 Å². The highest BCUT2D eigenvalue weighted by molar-refractivity contribution is 8.05. The van der Waals surface area contributed by atoms with E-state index in [4.69, 9.17) is 4.74 Å². The summed E-state index contributed by atoms with van der Waals surface area (Å²) in [4.78, 5) is 28.5. The molecule has 3 aromatic rings. The van der Waals surface area contributed by atoms with Crippen LogP contribution in [-0.2, 0) is 16.0 Å². The molecule has 1 aliphatic rings. The number of methoxy groups -OCH3 is 1. The van der Waals surface area contributed by atoms with Crippen molar-refractivity contribution in [3.63, 3.8) is 0 Å². The van der Waals surface area contributed by atoms with Crippen LogP contribution in [0.3, 0.4) is 0 Å². The number of anilines is 2. The number of carbonyl (C=O) groups is 2. The molecule has 4 rings (SSSR count). The minimum atomic E-state index is -0.595. The molecule has 2 amide bonds. The summed E-state index contributed by atoms with van der Waals surface area (Å²) in [5, 5.41) is 12.7. The average Bonchev–Trinajstić information content (AvgIpc) is 3.18. The van der Waals surface area contributed by atoms with Gasteiger partial charge in [-0.15, -0.1) is 0 Å². The number of hydrogen-bond donors (Lipinski definition) is 1. The number of amides is 2. The lowest BCUT2D eigenvalue weighted by Crippen LogP contribution is -2.31. The molecule has 1 unspecified atom stereocenters. The molecule has 1 saturated heterocycles. The molecule has 0 aliphatic carbocycles. The van der Waals surface area contributed by atoms with Crippen molar-refractivity contribution in [1.29, 1.82) is 5.26 Å². The van der Waals surface area contributed by atoms with Crippen LogP contribution >= 0.6 is 11.8 Å². The lowest BCUT2D eigenvalue weighted by molar-refractivity contribution is -0.117. The first-order chi connectivity index (χ1) is 17.3. The van der Waals surface area contributed by atoms with Crippen molar-refractivity contribution in [2.45, 2.75) is 32.4 Å². The number of nitriles is 1. The smallest absolute Gasteiger partial charge is 0.269 e. The maximum atomic E-state index is 13.7. The Morgan fingerprint density at radius 1 is 1.06 bits per heavy atom. The van der Waals surface area contributed by atoms with E-state index in [-0.39, 0.29) is 11.5 Å². The second-order valence-corrected chi connectivity index (χ2v) is 9.88. The van der Waals surface area contributed by atoms with Crippen molar-refractivity contribution in [2.24, 2.45) is 0 Å². The number of para-hydroxylation sites is 2. The van der Waals surface area contributed by atoms with E-state index in [1.165, 1.54) is 23.8 Å². The van der Waals surface area contributed by atoms with Crippen LogP contribution in [0.2, 0.25) is 0 Å². The van der Waals surface area contributed by atoms with Crippen LogP contribution < -0.4 is 15.0 Å². The van der Waals surface area contributed by atoms with E-state index in [1.807, 2.05) is 63.2 Å². The number of benzene rings is 3. The normalized spacial score (nSPS) is 16.5. The minimum Gasteiger partial charge on any atom is -0.495 e. The summed E-state index contributed by atoms with van der Waals surface area (Å²) in [5.74, 6) is -0.273. The first-order valence-electron chi connectivity index (χ1n) is 11.5. The van der Waals surface area contributed by atoms with Crippen LogP contribution in [0.5, 0.6) is 5.75 Å². The number of nitrogens with zero attached hydrogens (tertiary/aromatic N) is 2. The molecular formula is C29H27N3O3S. The second kappa shape index (κ2) is 10.7. The summed E-state index contributed by atoms with van der Waals surface area (Å²) >= 11 is 1.25. The molecule has 1 aliphatic heterocycles. The van der Waals surface area contributed by atoms with E-state index in [0.29, 0.717) is 28.6 Å². The van der Waals surface area contributed by atoms with Crippen LogP contribution in [0, 0.1) is 32.1 Å². The second-order valence-electron chi connectivity index (χ2n) is 8.68. The standard InChI is InChI=1S/C29H27N3O3S/c1-18-9-12-21(13-10-18)16-26-28(34)32(22-14-11-19(2)20(3)15-22)29(36-26)23(17-30)27(33)31-24-7-5-6-8-25(24)35-4/h5-15,26H,16H2,1-4H3,(H,31,33)/b29-23-. The number of aryl methyl sites for hydroxylation is 3. The SMILES string of the molecule is COc1ccccc1NC(=O)/C(C#N)=C1\SC(Cc2ccc(C)cc2)C(=O)N1c1ccc(C)c(C)c1. The molecule has 1 fully saturated rings. The van der Waals surface area contributed by atoms with Gasteiger partial charge in [0.1, 0.15) is 22.4 Å².